The van der Waals surface area contributed by atoms with Gasteiger partial charge in [0.05, 0.1) is 5.41 Å². The Kier molecular flexibility index (Phi) is 5.93. The van der Waals surface area contributed by atoms with Gasteiger partial charge in [0, 0.05) is 51.7 Å². The highest BCUT2D eigenvalue weighted by molar-refractivity contribution is 5.91. The molecular weight excluding hydrogens is 364 g/mol. The summed E-state index contributed by atoms with van der Waals surface area (Å²) in [6, 6.07) is 8.48. The molecule has 3 fully saturated rings. The number of aryl methyl sites for hydroxylation is 1. The summed E-state index contributed by atoms with van der Waals surface area (Å²) >= 11 is 0. The highest BCUT2D eigenvalue weighted by atomic mass is 16.2. The van der Waals surface area contributed by atoms with Gasteiger partial charge in [-0.2, -0.15) is 0 Å². The standard InChI is InChI=1S/C23H34N4O2/c1-18-5-3-6-19(15-18)23(16-20-7-8-21(28)27(20)17-23)22(29)24-9-4-10-26-13-11-25(2)12-14-26/h3,5-6,15,20H,4,7-14,16-17H2,1-2H3,(H,24,29). The zero-order valence-corrected chi connectivity index (χ0v) is 17.8. The molecule has 6 heteroatoms. The molecule has 29 heavy (non-hydrogen) atoms. The predicted octanol–water partition coefficient (Wildman–Crippen LogP) is 1.38. The van der Waals surface area contributed by atoms with Crippen molar-refractivity contribution >= 4 is 11.8 Å². The van der Waals surface area contributed by atoms with Gasteiger partial charge in [-0.1, -0.05) is 29.8 Å². The first-order chi connectivity index (χ1) is 14.0. The van der Waals surface area contributed by atoms with Crippen LogP contribution in [-0.4, -0.2) is 85.4 Å². The Labute approximate surface area is 174 Å². The largest absolute Gasteiger partial charge is 0.355 e. The van der Waals surface area contributed by atoms with Crippen molar-refractivity contribution in [2.24, 2.45) is 0 Å². The van der Waals surface area contributed by atoms with Gasteiger partial charge in [0.1, 0.15) is 0 Å². The van der Waals surface area contributed by atoms with Gasteiger partial charge in [-0.05, 0) is 45.3 Å². The van der Waals surface area contributed by atoms with Crippen LogP contribution in [0.1, 0.15) is 36.8 Å². The summed E-state index contributed by atoms with van der Waals surface area (Å²) in [7, 11) is 2.17. The number of piperazine rings is 1. The van der Waals surface area contributed by atoms with E-state index in [1.165, 1.54) is 0 Å². The first-order valence-electron chi connectivity index (χ1n) is 11.0. The maximum Gasteiger partial charge on any atom is 0.232 e. The number of amides is 2. The van der Waals surface area contributed by atoms with Crippen molar-refractivity contribution in [1.82, 2.24) is 20.0 Å². The smallest absolute Gasteiger partial charge is 0.232 e. The van der Waals surface area contributed by atoms with Gasteiger partial charge < -0.3 is 20.0 Å². The maximum atomic E-state index is 13.4. The van der Waals surface area contributed by atoms with Gasteiger partial charge in [-0.25, -0.2) is 0 Å². The van der Waals surface area contributed by atoms with Crippen LogP contribution in [-0.2, 0) is 15.0 Å². The molecule has 0 bridgehead atoms. The Hall–Kier alpha value is -1.92. The van der Waals surface area contributed by atoms with E-state index in [4.69, 9.17) is 0 Å². The second kappa shape index (κ2) is 8.44. The molecule has 2 amide bonds. The number of likely N-dealkylation sites (N-methyl/N-ethyl adjacent to an activating group) is 1. The van der Waals surface area contributed by atoms with E-state index in [1.807, 2.05) is 11.0 Å². The number of nitrogens with zero attached hydrogens (tertiary/aromatic N) is 3. The number of carbonyl (C=O) groups excluding carboxylic acids is 2. The molecule has 3 heterocycles. The minimum atomic E-state index is -0.611. The molecular formula is C23H34N4O2. The van der Waals surface area contributed by atoms with Crippen molar-refractivity contribution in [3.05, 3.63) is 35.4 Å². The van der Waals surface area contributed by atoms with Crippen molar-refractivity contribution in [2.45, 2.75) is 44.1 Å². The number of hydrogen-bond donors (Lipinski definition) is 1. The van der Waals surface area contributed by atoms with Crippen LogP contribution in [0.5, 0.6) is 0 Å². The molecule has 3 saturated heterocycles. The zero-order valence-electron chi connectivity index (χ0n) is 17.8. The molecule has 2 unspecified atom stereocenters. The quantitative estimate of drug-likeness (QED) is 0.736. The average molecular weight is 399 g/mol. The third kappa shape index (κ3) is 4.19. The summed E-state index contributed by atoms with van der Waals surface area (Å²) in [4.78, 5) is 32.5. The number of fused-ring (bicyclic) bond motifs is 1. The van der Waals surface area contributed by atoms with E-state index in [0.717, 1.165) is 63.1 Å². The topological polar surface area (TPSA) is 55.9 Å². The fourth-order valence-electron chi connectivity index (χ4n) is 5.17. The average Bonchev–Trinajstić information content (AvgIpc) is 3.26. The van der Waals surface area contributed by atoms with E-state index in [0.29, 0.717) is 19.5 Å². The molecule has 4 rings (SSSR count). The van der Waals surface area contributed by atoms with E-state index in [1.54, 1.807) is 0 Å². The fraction of sp³-hybridized carbons (Fsp3) is 0.652. The molecule has 0 spiro atoms. The normalized spacial score (nSPS) is 28.0. The van der Waals surface area contributed by atoms with Crippen molar-refractivity contribution in [2.75, 3.05) is 52.9 Å². The van der Waals surface area contributed by atoms with E-state index < -0.39 is 5.41 Å². The predicted molar refractivity (Wildman–Crippen MR) is 114 cm³/mol. The summed E-state index contributed by atoms with van der Waals surface area (Å²) in [5.41, 5.74) is 1.60. The third-order valence-corrected chi connectivity index (χ3v) is 7.01. The third-order valence-electron chi connectivity index (χ3n) is 7.01. The Balaban J connectivity index is 1.40. The number of benzene rings is 1. The van der Waals surface area contributed by atoms with Crippen molar-refractivity contribution in [3.63, 3.8) is 0 Å². The van der Waals surface area contributed by atoms with Crippen LogP contribution < -0.4 is 5.32 Å². The SMILES string of the molecule is Cc1cccc(C2(C(=O)NCCCN3CCN(C)CC3)CC3CCC(=O)N3C2)c1. The highest BCUT2D eigenvalue weighted by Gasteiger charge is 2.53. The maximum absolute atomic E-state index is 13.4. The van der Waals surface area contributed by atoms with Crippen LogP contribution >= 0.6 is 0 Å². The van der Waals surface area contributed by atoms with E-state index in [9.17, 15) is 9.59 Å². The van der Waals surface area contributed by atoms with Gasteiger partial charge in [0.25, 0.3) is 0 Å². The van der Waals surface area contributed by atoms with E-state index in [2.05, 4.69) is 47.3 Å². The van der Waals surface area contributed by atoms with Crippen LogP contribution in [0.2, 0.25) is 0 Å². The van der Waals surface area contributed by atoms with Crippen molar-refractivity contribution < 1.29 is 9.59 Å². The van der Waals surface area contributed by atoms with Gasteiger partial charge >= 0.3 is 0 Å². The molecule has 6 nitrogen and oxygen atoms in total. The van der Waals surface area contributed by atoms with Crippen LogP contribution in [0.15, 0.2) is 24.3 Å². The Morgan fingerprint density at radius 3 is 2.76 bits per heavy atom. The first kappa shape index (κ1) is 20.4. The lowest BCUT2D eigenvalue weighted by Crippen LogP contribution is -2.48. The van der Waals surface area contributed by atoms with Crippen LogP contribution in [0, 0.1) is 6.92 Å². The van der Waals surface area contributed by atoms with Crippen LogP contribution in [0.4, 0.5) is 0 Å². The summed E-state index contributed by atoms with van der Waals surface area (Å²) in [5.74, 6) is 0.288. The molecule has 158 valence electrons. The van der Waals surface area contributed by atoms with Crippen LogP contribution in [0.3, 0.4) is 0 Å². The minimum Gasteiger partial charge on any atom is -0.355 e. The molecule has 0 aliphatic carbocycles. The molecule has 0 aromatic heterocycles. The first-order valence-corrected chi connectivity index (χ1v) is 11.0. The molecule has 1 N–H and O–H groups in total. The number of carbonyl (C=O) groups is 2. The van der Waals surface area contributed by atoms with Crippen molar-refractivity contribution in [3.8, 4) is 0 Å². The lowest BCUT2D eigenvalue weighted by Gasteiger charge is -2.32. The summed E-state index contributed by atoms with van der Waals surface area (Å²) in [6.45, 7) is 8.75. The highest BCUT2D eigenvalue weighted by Crippen LogP contribution is 2.43. The molecule has 0 radical (unpaired) electrons. The number of hydrogen-bond acceptors (Lipinski definition) is 4. The second-order valence-corrected chi connectivity index (χ2v) is 9.12. The van der Waals surface area contributed by atoms with Gasteiger partial charge in [-0.3, -0.25) is 9.59 Å². The molecule has 1 aromatic rings. The number of nitrogens with one attached hydrogen (secondary N) is 1. The molecule has 1 aromatic carbocycles. The number of rotatable bonds is 6. The summed E-state index contributed by atoms with van der Waals surface area (Å²) in [5, 5.41) is 3.22. The van der Waals surface area contributed by atoms with Gasteiger partial charge in [0.15, 0.2) is 0 Å². The van der Waals surface area contributed by atoms with Crippen molar-refractivity contribution in [1.29, 1.82) is 0 Å². The summed E-state index contributed by atoms with van der Waals surface area (Å²) in [6.07, 6.45) is 3.21. The Bertz CT molecular complexity index is 759. The molecule has 3 aliphatic rings. The van der Waals surface area contributed by atoms with Gasteiger partial charge in [-0.15, -0.1) is 0 Å². The Morgan fingerprint density at radius 2 is 2.03 bits per heavy atom. The lowest BCUT2D eigenvalue weighted by molar-refractivity contribution is -0.129. The zero-order chi connectivity index (χ0) is 20.4. The Morgan fingerprint density at radius 1 is 1.24 bits per heavy atom. The molecule has 2 atom stereocenters. The lowest BCUT2D eigenvalue weighted by atomic mass is 9.76. The minimum absolute atomic E-state index is 0.0867. The van der Waals surface area contributed by atoms with Crippen LogP contribution in [0.25, 0.3) is 0 Å². The molecule has 0 saturated carbocycles. The van der Waals surface area contributed by atoms with E-state index in [-0.39, 0.29) is 17.9 Å². The summed E-state index contributed by atoms with van der Waals surface area (Å²) < 4.78 is 0. The fourth-order valence-corrected chi connectivity index (χ4v) is 5.17. The van der Waals surface area contributed by atoms with Gasteiger partial charge in [0.2, 0.25) is 11.8 Å². The monoisotopic (exact) mass is 398 g/mol. The molecule has 3 aliphatic heterocycles. The second-order valence-electron chi connectivity index (χ2n) is 9.12. The van der Waals surface area contributed by atoms with E-state index >= 15 is 0 Å².